The minimum absolute atomic E-state index is 0.0411. The van der Waals surface area contributed by atoms with Crippen molar-refractivity contribution in [3.8, 4) is 17.2 Å². The van der Waals surface area contributed by atoms with Crippen LogP contribution in [0.25, 0.3) is 0 Å². The fraction of sp³-hybridized carbons (Fsp3) is 0.438. The molecule has 0 aliphatic heterocycles. The molecule has 3 unspecified atom stereocenters. The second-order valence-electron chi connectivity index (χ2n) is 40.7. The van der Waals surface area contributed by atoms with E-state index in [2.05, 4.69) is 363 Å². The van der Waals surface area contributed by atoms with Crippen molar-refractivity contribution < 1.29 is 29.7 Å². The van der Waals surface area contributed by atoms with Crippen LogP contribution in [0.5, 0.6) is 17.2 Å². The molecule has 3 atom stereocenters. The maximum Gasteiger partial charge on any atom is 0.224 e. The molecule has 10 aromatic rings. The van der Waals surface area contributed by atoms with Crippen LogP contribution in [0, 0.1) is 11.8 Å². The molecule has 0 saturated carbocycles. The van der Waals surface area contributed by atoms with E-state index in [9.17, 15) is 29.7 Å². The predicted molar refractivity (Wildman–Crippen MR) is 541 cm³/mol. The molecule has 10 rings (SSSR count). The van der Waals surface area contributed by atoms with E-state index in [4.69, 9.17) is 0 Å². The first kappa shape index (κ1) is 102. The zero-order valence-corrected chi connectivity index (χ0v) is 83.1. The van der Waals surface area contributed by atoms with Gasteiger partial charge in [-0.15, -0.1) is 11.8 Å². The number of para-hydroxylation sites is 1. The molecule has 10 aromatic carbocycles. The summed E-state index contributed by atoms with van der Waals surface area (Å²) in [4.78, 5) is 46.8. The molecule has 0 aliphatic carbocycles. The lowest BCUT2D eigenvalue weighted by molar-refractivity contribution is -0.116. The molecule has 4 N–H and O–H groups in total. The van der Waals surface area contributed by atoms with Crippen molar-refractivity contribution in [1.29, 1.82) is 0 Å². The van der Waals surface area contributed by atoms with Crippen LogP contribution in [0.4, 0.5) is 17.1 Å². The average molecular weight is 1760 g/mol. The number of anilines is 3. The molecule has 9 nitrogen and oxygen atoms in total. The van der Waals surface area contributed by atoms with Crippen LogP contribution in [0.2, 0.25) is 0 Å². The minimum Gasteiger partial charge on any atom is -0.507 e. The lowest BCUT2D eigenvalue weighted by Crippen LogP contribution is -2.32. The third-order valence-corrected chi connectivity index (χ3v) is 26.6. The maximum absolute atomic E-state index is 13.3. The highest BCUT2D eigenvalue weighted by Crippen LogP contribution is 2.47. The Morgan fingerprint density at radius 3 is 1.15 bits per heavy atom. The molecular formula is C112H147N3O6S4. The number of nitrogens with one attached hydrogen (secondary N) is 1. The van der Waals surface area contributed by atoms with E-state index in [1.165, 1.54) is 92.2 Å². The SMILES string of the molecule is CC(C)(C)c1cc(SC(=O)CCSCCN(c2ccccc2)c2ccc(Cc3ccccc3)cc2)cc(C(C)(C)C)c1O.CC(C)CN(C)C(c1ccc(Cc2ccccc2)cc1)C(C)CCC(=O)Sc1cc(C(C)(C)C)c(O)c(C(C)(C)C)c1.CCCCc1ccc(Cc2ccc(NC(=O)CCC(C)Sc3cc(C(C)(C)C)c(O)c(C(C)(C)C)c3)cc2)cc1. The summed E-state index contributed by atoms with van der Waals surface area (Å²) in [5.74, 6) is 3.71. The summed E-state index contributed by atoms with van der Waals surface area (Å²) >= 11 is 6.21. The first-order chi connectivity index (χ1) is 58.7. The fourth-order valence-corrected chi connectivity index (χ4v) is 19.4. The van der Waals surface area contributed by atoms with Gasteiger partial charge in [-0.05, 0) is 214 Å². The summed E-state index contributed by atoms with van der Waals surface area (Å²) in [6, 6.07) is 79.2. The Balaban J connectivity index is 0.000000232. The first-order valence-corrected chi connectivity index (χ1v) is 48.9. The van der Waals surface area contributed by atoms with E-state index < -0.39 is 0 Å². The number of carbonyl (C=O) groups is 3. The lowest BCUT2D eigenvalue weighted by Gasteiger charge is -2.34. The van der Waals surface area contributed by atoms with Crippen LogP contribution in [-0.2, 0) is 72.6 Å². The van der Waals surface area contributed by atoms with Gasteiger partial charge < -0.3 is 25.5 Å². The van der Waals surface area contributed by atoms with E-state index in [-0.39, 0.29) is 59.9 Å². The Kier molecular flexibility index (Phi) is 38.0. The van der Waals surface area contributed by atoms with Crippen molar-refractivity contribution in [1.82, 2.24) is 4.90 Å². The van der Waals surface area contributed by atoms with Gasteiger partial charge in [0.15, 0.2) is 10.2 Å². The quantitative estimate of drug-likeness (QED) is 0.0231. The van der Waals surface area contributed by atoms with Gasteiger partial charge in [-0.25, -0.2) is 0 Å². The molecular weight excluding hydrogens is 1610 g/mol. The van der Waals surface area contributed by atoms with Gasteiger partial charge in [-0.2, -0.15) is 11.8 Å². The number of phenolic OH excluding ortho intramolecular Hbond substituents is 3. The van der Waals surface area contributed by atoms with Crippen molar-refractivity contribution >= 4 is 80.2 Å². The molecule has 0 aliphatic rings. The average Bonchev–Trinajstić information content (AvgIpc) is 0.788. The number of aromatic hydroxyl groups is 3. The number of phenols is 3. The number of benzene rings is 10. The highest BCUT2D eigenvalue weighted by Gasteiger charge is 2.32. The molecule has 125 heavy (non-hydrogen) atoms. The van der Waals surface area contributed by atoms with Crippen LogP contribution >= 0.6 is 47.0 Å². The van der Waals surface area contributed by atoms with Gasteiger partial charge in [0.25, 0.3) is 0 Å². The normalized spacial score (nSPS) is 12.8. The van der Waals surface area contributed by atoms with Gasteiger partial charge in [0.1, 0.15) is 17.2 Å². The van der Waals surface area contributed by atoms with Crippen LogP contribution in [-0.4, -0.2) is 73.3 Å². The monoisotopic (exact) mass is 1760 g/mol. The lowest BCUT2D eigenvalue weighted by atomic mass is 9.79. The molecule has 0 radical (unpaired) electrons. The van der Waals surface area contributed by atoms with Crippen LogP contribution < -0.4 is 10.2 Å². The summed E-state index contributed by atoms with van der Waals surface area (Å²) in [5.41, 5.74) is 18.0. The van der Waals surface area contributed by atoms with E-state index in [1.807, 2.05) is 54.2 Å². The Morgan fingerprint density at radius 1 is 0.400 bits per heavy atom. The van der Waals surface area contributed by atoms with Crippen molar-refractivity contribution in [2.24, 2.45) is 11.8 Å². The van der Waals surface area contributed by atoms with Gasteiger partial charge in [0, 0.05) is 120 Å². The van der Waals surface area contributed by atoms with Crippen LogP contribution in [0.15, 0.2) is 239 Å². The van der Waals surface area contributed by atoms with Gasteiger partial charge in [-0.1, -0.05) is 341 Å². The number of rotatable bonds is 33. The fourth-order valence-electron chi connectivity index (χ4n) is 15.7. The Bertz CT molecular complexity index is 4920. The molecule has 0 fully saturated rings. The van der Waals surface area contributed by atoms with Crippen molar-refractivity contribution in [2.75, 3.05) is 41.9 Å². The number of hydrogen-bond acceptors (Lipinski definition) is 12. The van der Waals surface area contributed by atoms with Crippen molar-refractivity contribution in [3.63, 3.8) is 0 Å². The molecule has 670 valence electrons. The first-order valence-electron chi connectivity index (χ1n) is 45.3. The van der Waals surface area contributed by atoms with Gasteiger partial charge in [0.05, 0.1) is 0 Å². The van der Waals surface area contributed by atoms with Crippen molar-refractivity contribution in [3.05, 3.63) is 302 Å². The van der Waals surface area contributed by atoms with Crippen molar-refractivity contribution in [2.45, 2.75) is 288 Å². The van der Waals surface area contributed by atoms with E-state index in [0.717, 1.165) is 117 Å². The second kappa shape index (κ2) is 46.5. The summed E-state index contributed by atoms with van der Waals surface area (Å²) < 4.78 is 0. The molecule has 0 heterocycles. The number of carbonyl (C=O) groups excluding carboxylic acids is 3. The van der Waals surface area contributed by atoms with Crippen LogP contribution in [0.3, 0.4) is 0 Å². The van der Waals surface area contributed by atoms with Gasteiger partial charge in [0.2, 0.25) is 5.91 Å². The number of hydrogen-bond donors (Lipinski definition) is 4. The minimum atomic E-state index is -0.219. The standard InChI is InChI=1S/C38H45NO2S2.C38H53NO2S.C36H49NO2S/c1-37(2,3)33-26-32(27-34(36(33)41)38(4,5)6)43-35(40)21-23-42-24-22-39(30-15-11-8-12-16-30)31-19-17-29(18-20-31)25-28-13-9-7-10-14-28;1-26(2)25-39(10)35(30-19-17-29(18-20-30)22-28-14-12-11-13-15-28)27(3)16-21-34(40)42-31-23-32(37(4,5)6)36(41)33(24-31)38(7,8)9;1-9-10-11-26-13-15-27(16-14-26)22-28-17-19-29(20-18-28)37-33(38)21-12-25(2)40-30-23-31(35(3,4)5)34(39)32(24-30)36(6,7)8/h7-20,26-27,41H,21-25H2,1-6H3;11-15,17-20,23-24,26-27,35,41H,16,21-22,25H2,1-10H3;13-20,23-25,39H,9-12,21-22H2,1-8H3,(H,37,38). The number of nitrogens with zero attached hydrogens (tertiary/aromatic N) is 2. The second-order valence-corrected chi connectivity index (χ2v) is 45.7. The highest BCUT2D eigenvalue weighted by molar-refractivity contribution is 8.14. The maximum atomic E-state index is 13.3. The largest absolute Gasteiger partial charge is 0.507 e. The summed E-state index contributed by atoms with van der Waals surface area (Å²) in [6.07, 6.45) is 9.44. The highest BCUT2D eigenvalue weighted by atomic mass is 32.2. The van der Waals surface area contributed by atoms with E-state index >= 15 is 0 Å². The van der Waals surface area contributed by atoms with Gasteiger partial charge >= 0.3 is 0 Å². The van der Waals surface area contributed by atoms with Gasteiger partial charge in [-0.3, -0.25) is 19.3 Å². The number of amides is 1. The Labute approximate surface area is 770 Å². The topological polar surface area (TPSA) is 130 Å². The third kappa shape index (κ3) is 32.7. The number of unbranched alkanes of at least 4 members (excludes halogenated alkanes) is 1. The van der Waals surface area contributed by atoms with E-state index in [0.29, 0.717) is 48.3 Å². The summed E-state index contributed by atoms with van der Waals surface area (Å²) in [7, 11) is 2.22. The smallest absolute Gasteiger partial charge is 0.224 e. The predicted octanol–water partition coefficient (Wildman–Crippen LogP) is 29.9. The number of aryl methyl sites for hydroxylation is 1. The Hall–Kier alpha value is -8.43. The van der Waals surface area contributed by atoms with Crippen LogP contribution in [0.1, 0.15) is 288 Å². The third-order valence-electron chi connectivity index (χ3n) is 22.7. The molecule has 0 spiro atoms. The summed E-state index contributed by atoms with van der Waals surface area (Å²) in [6.45, 7) is 51.1. The molecule has 13 heteroatoms. The Morgan fingerprint density at radius 2 is 0.752 bits per heavy atom. The number of thioether (sulfide) groups is 4. The molecule has 0 bridgehead atoms. The zero-order chi connectivity index (χ0) is 91.8. The van der Waals surface area contributed by atoms with E-state index in [1.54, 1.807) is 11.8 Å². The summed E-state index contributed by atoms with van der Waals surface area (Å²) in [5, 5.41) is 36.7. The molecule has 0 saturated heterocycles. The molecule has 1 amide bonds. The zero-order valence-electron chi connectivity index (χ0n) is 79.9. The molecule has 0 aromatic heterocycles.